The molecule has 0 unspecified atom stereocenters. The van der Waals surface area contributed by atoms with Crippen LogP contribution in [0.3, 0.4) is 0 Å². The van der Waals surface area contributed by atoms with Crippen LogP contribution in [-0.4, -0.2) is 19.3 Å². The fraction of sp³-hybridized carbons (Fsp3) is 0.333. The van der Waals surface area contributed by atoms with Crippen LogP contribution in [0.2, 0.25) is 0 Å². The van der Waals surface area contributed by atoms with Gasteiger partial charge < -0.3 is 0 Å². The van der Waals surface area contributed by atoms with E-state index in [0.717, 1.165) is 23.3 Å². The molecule has 0 saturated heterocycles. The molecule has 2 heterocycles. The molecule has 0 amide bonds. The van der Waals surface area contributed by atoms with Crippen LogP contribution in [0.4, 0.5) is 4.39 Å². The van der Waals surface area contributed by atoms with Gasteiger partial charge in [0, 0.05) is 7.05 Å². The number of imidazole rings is 1. The summed E-state index contributed by atoms with van der Waals surface area (Å²) in [5.74, 6) is 0.707. The van der Waals surface area contributed by atoms with Gasteiger partial charge in [-0.15, -0.1) is 11.6 Å². The smallest absolute Gasteiger partial charge is 0.163 e. The molecule has 0 saturated carbocycles. The highest BCUT2D eigenvalue weighted by atomic mass is 35.5. The molecule has 1 aromatic carbocycles. The minimum Gasteiger partial charge on any atom is -0.280 e. The molecule has 0 atom stereocenters. The molecule has 6 heteroatoms. The summed E-state index contributed by atoms with van der Waals surface area (Å²) in [6, 6.07) is 5.13. The molecular formula is C15H16ClFN4. The second kappa shape index (κ2) is 5.15. The third-order valence-corrected chi connectivity index (χ3v) is 3.88. The monoisotopic (exact) mass is 306 g/mol. The van der Waals surface area contributed by atoms with Crippen LogP contribution in [0, 0.1) is 12.7 Å². The van der Waals surface area contributed by atoms with E-state index < -0.39 is 0 Å². The van der Waals surface area contributed by atoms with Crippen molar-refractivity contribution in [3.8, 4) is 5.69 Å². The largest absolute Gasteiger partial charge is 0.280 e. The number of rotatable bonds is 3. The maximum atomic E-state index is 13.9. The number of alkyl halides is 1. The van der Waals surface area contributed by atoms with Gasteiger partial charge in [-0.1, -0.05) is 13.0 Å². The van der Waals surface area contributed by atoms with Gasteiger partial charge in [0.15, 0.2) is 5.65 Å². The summed E-state index contributed by atoms with van der Waals surface area (Å²) in [5, 5.41) is 4.47. The first-order valence-electron chi connectivity index (χ1n) is 6.82. The van der Waals surface area contributed by atoms with Gasteiger partial charge in [-0.2, -0.15) is 5.10 Å². The number of aryl methyl sites for hydroxylation is 3. The average molecular weight is 307 g/mol. The first-order valence-corrected chi connectivity index (χ1v) is 7.36. The molecular weight excluding hydrogens is 291 g/mol. The Kier molecular flexibility index (Phi) is 3.45. The highest BCUT2D eigenvalue weighted by Gasteiger charge is 2.19. The van der Waals surface area contributed by atoms with Gasteiger partial charge in [0.1, 0.15) is 17.2 Å². The van der Waals surface area contributed by atoms with Crippen molar-refractivity contribution in [3.05, 3.63) is 41.1 Å². The Morgan fingerprint density at radius 1 is 1.33 bits per heavy atom. The quantitative estimate of drug-likeness (QED) is 0.694. The minimum atomic E-state index is -0.243. The predicted octanol–water partition coefficient (Wildman–Crippen LogP) is 3.51. The topological polar surface area (TPSA) is 35.6 Å². The third kappa shape index (κ3) is 2.12. The van der Waals surface area contributed by atoms with Crippen molar-refractivity contribution in [1.82, 2.24) is 19.3 Å². The summed E-state index contributed by atoms with van der Waals surface area (Å²) in [6.45, 7) is 3.77. The Morgan fingerprint density at radius 2 is 2.10 bits per heavy atom. The van der Waals surface area contributed by atoms with Gasteiger partial charge in [0.05, 0.1) is 17.3 Å². The Bertz CT molecular complexity index is 819. The lowest BCUT2D eigenvalue weighted by Crippen LogP contribution is -2.05. The van der Waals surface area contributed by atoms with E-state index in [0.29, 0.717) is 17.1 Å². The lowest BCUT2D eigenvalue weighted by molar-refractivity contribution is 0.617. The van der Waals surface area contributed by atoms with Gasteiger partial charge in [0.25, 0.3) is 0 Å². The van der Waals surface area contributed by atoms with Crippen molar-refractivity contribution >= 4 is 22.8 Å². The van der Waals surface area contributed by atoms with Crippen LogP contribution in [-0.2, 0) is 19.3 Å². The van der Waals surface area contributed by atoms with E-state index in [4.69, 9.17) is 11.6 Å². The molecule has 4 nitrogen and oxygen atoms in total. The van der Waals surface area contributed by atoms with Crippen LogP contribution in [0.25, 0.3) is 16.9 Å². The Morgan fingerprint density at radius 3 is 2.71 bits per heavy atom. The van der Waals surface area contributed by atoms with Crippen molar-refractivity contribution in [2.75, 3.05) is 0 Å². The summed E-state index contributed by atoms with van der Waals surface area (Å²) in [6.07, 6.45) is 0.790. The minimum absolute atomic E-state index is 0.243. The zero-order valence-electron chi connectivity index (χ0n) is 12.2. The van der Waals surface area contributed by atoms with Crippen LogP contribution < -0.4 is 0 Å². The van der Waals surface area contributed by atoms with E-state index in [9.17, 15) is 4.39 Å². The molecule has 21 heavy (non-hydrogen) atoms. The molecule has 0 radical (unpaired) electrons. The molecule has 0 spiro atoms. The molecule has 3 rings (SSSR count). The second-order valence-electron chi connectivity index (χ2n) is 5.03. The van der Waals surface area contributed by atoms with Gasteiger partial charge in [-0.05, 0) is 31.0 Å². The number of aromatic nitrogens is 4. The van der Waals surface area contributed by atoms with Crippen molar-refractivity contribution < 1.29 is 4.39 Å². The van der Waals surface area contributed by atoms with Crippen molar-refractivity contribution in [2.24, 2.45) is 7.05 Å². The Hall–Kier alpha value is -1.88. The van der Waals surface area contributed by atoms with Gasteiger partial charge in [-0.3, -0.25) is 4.57 Å². The first kappa shape index (κ1) is 14.1. The zero-order chi connectivity index (χ0) is 15.1. The normalized spacial score (nSPS) is 11.5. The van der Waals surface area contributed by atoms with E-state index in [-0.39, 0.29) is 11.7 Å². The van der Waals surface area contributed by atoms with E-state index in [1.165, 1.54) is 6.07 Å². The van der Waals surface area contributed by atoms with Gasteiger partial charge in [0.2, 0.25) is 0 Å². The highest BCUT2D eigenvalue weighted by Crippen LogP contribution is 2.26. The third-order valence-electron chi connectivity index (χ3n) is 3.64. The number of benzene rings is 1. The maximum absolute atomic E-state index is 13.9. The molecule has 110 valence electrons. The molecule has 0 aliphatic rings. The molecule has 2 aromatic heterocycles. The zero-order valence-corrected chi connectivity index (χ0v) is 12.9. The van der Waals surface area contributed by atoms with E-state index in [2.05, 4.69) is 10.1 Å². The molecule has 3 aromatic rings. The van der Waals surface area contributed by atoms with Gasteiger partial charge >= 0.3 is 0 Å². The standard InChI is InChI=1S/C15H16ClFN4/c1-4-12-14-15(20(3)19-12)21(13(8-16)18-14)10-6-5-9(2)11(17)7-10/h5-7H,4,8H2,1-3H3. The maximum Gasteiger partial charge on any atom is 0.163 e. The lowest BCUT2D eigenvalue weighted by atomic mass is 10.2. The van der Waals surface area contributed by atoms with Crippen molar-refractivity contribution in [3.63, 3.8) is 0 Å². The molecule has 0 aliphatic heterocycles. The van der Waals surface area contributed by atoms with E-state index >= 15 is 0 Å². The van der Waals surface area contributed by atoms with Crippen molar-refractivity contribution in [2.45, 2.75) is 26.1 Å². The first-order chi connectivity index (χ1) is 10.1. The SMILES string of the molecule is CCc1nn(C)c2c1nc(CCl)n2-c1ccc(C)c(F)c1. The van der Waals surface area contributed by atoms with Gasteiger partial charge in [-0.25, -0.2) is 14.1 Å². The summed E-state index contributed by atoms with van der Waals surface area (Å²) >= 11 is 6.02. The summed E-state index contributed by atoms with van der Waals surface area (Å²) in [4.78, 5) is 4.58. The summed E-state index contributed by atoms with van der Waals surface area (Å²) < 4.78 is 17.5. The number of hydrogen-bond acceptors (Lipinski definition) is 2. The highest BCUT2D eigenvalue weighted by molar-refractivity contribution is 6.17. The Balaban J connectivity index is 2.34. The van der Waals surface area contributed by atoms with E-state index in [1.807, 2.05) is 24.6 Å². The summed E-state index contributed by atoms with van der Waals surface area (Å²) in [7, 11) is 1.86. The van der Waals surface area contributed by atoms with Crippen LogP contribution in [0.15, 0.2) is 18.2 Å². The van der Waals surface area contributed by atoms with Crippen LogP contribution >= 0.6 is 11.6 Å². The Labute approximate surface area is 127 Å². The predicted molar refractivity (Wildman–Crippen MR) is 81.5 cm³/mol. The number of fused-ring (bicyclic) bond motifs is 1. The second-order valence-corrected chi connectivity index (χ2v) is 5.29. The molecule has 0 aliphatic carbocycles. The number of hydrogen-bond donors (Lipinski definition) is 0. The number of nitrogens with zero attached hydrogens (tertiary/aromatic N) is 4. The molecule has 0 fully saturated rings. The molecule has 0 N–H and O–H groups in total. The van der Waals surface area contributed by atoms with Crippen LogP contribution in [0.5, 0.6) is 0 Å². The van der Waals surface area contributed by atoms with Crippen molar-refractivity contribution in [1.29, 1.82) is 0 Å². The number of halogens is 2. The van der Waals surface area contributed by atoms with Crippen LogP contribution in [0.1, 0.15) is 24.0 Å². The summed E-state index contributed by atoms with van der Waals surface area (Å²) in [5.41, 5.74) is 3.91. The van der Waals surface area contributed by atoms with E-state index in [1.54, 1.807) is 17.7 Å². The fourth-order valence-corrected chi connectivity index (χ4v) is 2.72. The fourth-order valence-electron chi connectivity index (χ4n) is 2.54. The lowest BCUT2D eigenvalue weighted by Gasteiger charge is -2.09. The average Bonchev–Trinajstić information content (AvgIpc) is 2.99. The molecule has 0 bridgehead atoms.